The van der Waals surface area contributed by atoms with Crippen LogP contribution in [-0.4, -0.2) is 14.3 Å². The molecule has 2 aromatic heterocycles. The van der Waals surface area contributed by atoms with Crippen molar-refractivity contribution in [2.75, 3.05) is 0 Å². The van der Waals surface area contributed by atoms with E-state index in [1.807, 2.05) is 62.4 Å². The maximum Gasteiger partial charge on any atom is 0.417 e. The summed E-state index contributed by atoms with van der Waals surface area (Å²) in [5, 5.41) is 13.8. The molecular formula is C26H21F3N4O. The largest absolute Gasteiger partial charge is 0.417 e. The molecule has 4 rings (SSSR count). The maximum atomic E-state index is 13.8. The molecule has 4 aromatic rings. The first-order valence-corrected chi connectivity index (χ1v) is 10.5. The lowest BCUT2D eigenvalue weighted by atomic mass is 10.0. The highest BCUT2D eigenvalue weighted by Gasteiger charge is 2.37. The van der Waals surface area contributed by atoms with Gasteiger partial charge in [-0.3, -0.25) is 4.79 Å². The fourth-order valence-electron chi connectivity index (χ4n) is 4.04. The summed E-state index contributed by atoms with van der Waals surface area (Å²) in [5.74, 6) is 0. The molecular weight excluding hydrogens is 441 g/mol. The van der Waals surface area contributed by atoms with Gasteiger partial charge >= 0.3 is 6.18 Å². The number of aryl methyl sites for hydroxylation is 2. The van der Waals surface area contributed by atoms with Crippen LogP contribution >= 0.6 is 0 Å². The zero-order chi connectivity index (χ0) is 24.6. The molecule has 0 fully saturated rings. The third-order valence-electron chi connectivity index (χ3n) is 5.83. The summed E-state index contributed by atoms with van der Waals surface area (Å²) >= 11 is 0. The number of para-hydroxylation sites is 1. The maximum absolute atomic E-state index is 13.8. The van der Waals surface area contributed by atoms with Gasteiger partial charge in [0.25, 0.3) is 5.56 Å². The van der Waals surface area contributed by atoms with Gasteiger partial charge in [0, 0.05) is 5.56 Å². The number of nitriles is 1. The number of hydrogen-bond donors (Lipinski definition) is 0. The molecule has 8 heteroatoms. The number of benzene rings is 2. The van der Waals surface area contributed by atoms with Crippen molar-refractivity contribution >= 4 is 0 Å². The summed E-state index contributed by atoms with van der Waals surface area (Å²) in [7, 11) is 0. The van der Waals surface area contributed by atoms with Gasteiger partial charge in [-0.05, 0) is 50.1 Å². The third-order valence-corrected chi connectivity index (χ3v) is 5.83. The monoisotopic (exact) mass is 462 g/mol. The summed E-state index contributed by atoms with van der Waals surface area (Å²) in [4.78, 5) is 13.2. The normalized spacial score (nSPS) is 11.4. The molecule has 34 heavy (non-hydrogen) atoms. The van der Waals surface area contributed by atoms with E-state index in [0.29, 0.717) is 11.3 Å². The number of hydrogen-bond acceptors (Lipinski definition) is 3. The second-order valence-electron chi connectivity index (χ2n) is 8.14. The van der Waals surface area contributed by atoms with Crippen LogP contribution in [0.25, 0.3) is 16.9 Å². The predicted octanol–water partition coefficient (Wildman–Crippen LogP) is 5.57. The van der Waals surface area contributed by atoms with E-state index in [1.165, 1.54) is 16.8 Å². The second kappa shape index (κ2) is 8.67. The quantitative estimate of drug-likeness (QED) is 0.399. The average molecular weight is 462 g/mol. The number of rotatable bonds is 4. The van der Waals surface area contributed by atoms with Gasteiger partial charge in [0.1, 0.15) is 11.6 Å². The van der Waals surface area contributed by atoms with Crippen LogP contribution in [0.1, 0.15) is 33.5 Å². The topological polar surface area (TPSA) is 63.6 Å². The van der Waals surface area contributed by atoms with E-state index in [0.717, 1.165) is 28.4 Å². The first-order valence-electron chi connectivity index (χ1n) is 10.5. The molecule has 0 atom stereocenters. The standard InChI is InChI=1S/C26H21F3N4O/c1-16-9-10-19(17(2)11-16)15-32-24(12-23(26(27,28)29)21(13-30)25(32)34)22-14-31-33(18(22)3)20-7-5-4-6-8-20/h4-12,14H,15H2,1-3H3. The molecule has 0 saturated heterocycles. The summed E-state index contributed by atoms with van der Waals surface area (Å²) < 4.78 is 44.3. The smallest absolute Gasteiger partial charge is 0.303 e. The van der Waals surface area contributed by atoms with Crippen LogP contribution in [0.3, 0.4) is 0 Å². The van der Waals surface area contributed by atoms with Crippen LogP contribution in [-0.2, 0) is 12.7 Å². The van der Waals surface area contributed by atoms with E-state index >= 15 is 0 Å². The number of pyridine rings is 1. The van der Waals surface area contributed by atoms with Crippen molar-refractivity contribution in [2.45, 2.75) is 33.5 Å². The zero-order valence-electron chi connectivity index (χ0n) is 18.8. The van der Waals surface area contributed by atoms with Gasteiger partial charge in [0.05, 0.1) is 35.4 Å². The number of nitrogens with zero attached hydrogens (tertiary/aromatic N) is 4. The van der Waals surface area contributed by atoms with Crippen LogP contribution in [0, 0.1) is 32.1 Å². The molecule has 0 radical (unpaired) electrons. The van der Waals surface area contributed by atoms with Crippen molar-refractivity contribution in [3.05, 3.63) is 105 Å². The van der Waals surface area contributed by atoms with Crippen molar-refractivity contribution < 1.29 is 13.2 Å². The SMILES string of the molecule is Cc1ccc(Cn2c(-c3cnn(-c4ccccc4)c3C)cc(C(F)(F)F)c(C#N)c2=O)c(C)c1. The minimum Gasteiger partial charge on any atom is -0.303 e. The lowest BCUT2D eigenvalue weighted by Crippen LogP contribution is -2.29. The predicted molar refractivity (Wildman–Crippen MR) is 123 cm³/mol. The summed E-state index contributed by atoms with van der Waals surface area (Å²) in [5.41, 5.74) is 1.26. The number of alkyl halides is 3. The Hall–Kier alpha value is -4.12. The van der Waals surface area contributed by atoms with Crippen molar-refractivity contribution in [3.63, 3.8) is 0 Å². The van der Waals surface area contributed by atoms with Crippen LogP contribution in [0.15, 0.2) is 65.6 Å². The van der Waals surface area contributed by atoms with Gasteiger partial charge in [0.15, 0.2) is 0 Å². The molecule has 0 spiro atoms. The lowest BCUT2D eigenvalue weighted by Gasteiger charge is -2.18. The molecule has 0 unspecified atom stereocenters. The Labute approximate surface area is 194 Å². The van der Waals surface area contributed by atoms with Gasteiger partial charge in [-0.1, -0.05) is 42.0 Å². The van der Waals surface area contributed by atoms with Crippen molar-refractivity contribution in [2.24, 2.45) is 0 Å². The Morgan fingerprint density at radius 2 is 1.74 bits per heavy atom. The zero-order valence-corrected chi connectivity index (χ0v) is 18.8. The molecule has 172 valence electrons. The van der Waals surface area contributed by atoms with E-state index in [1.54, 1.807) is 11.6 Å². The average Bonchev–Trinajstić information content (AvgIpc) is 3.17. The minimum absolute atomic E-state index is 0.0169. The van der Waals surface area contributed by atoms with Gasteiger partial charge in [0.2, 0.25) is 0 Å². The highest BCUT2D eigenvalue weighted by Crippen LogP contribution is 2.35. The van der Waals surface area contributed by atoms with Gasteiger partial charge < -0.3 is 4.57 Å². The Balaban J connectivity index is 1.99. The first kappa shape index (κ1) is 23.1. The van der Waals surface area contributed by atoms with E-state index in [2.05, 4.69) is 5.10 Å². The van der Waals surface area contributed by atoms with E-state index < -0.39 is 22.9 Å². The lowest BCUT2D eigenvalue weighted by molar-refractivity contribution is -0.137. The van der Waals surface area contributed by atoms with Crippen LogP contribution < -0.4 is 5.56 Å². The van der Waals surface area contributed by atoms with Crippen molar-refractivity contribution in [3.8, 4) is 23.0 Å². The Bertz CT molecular complexity index is 1480. The second-order valence-corrected chi connectivity index (χ2v) is 8.14. The molecule has 5 nitrogen and oxygen atoms in total. The van der Waals surface area contributed by atoms with Crippen LogP contribution in [0.2, 0.25) is 0 Å². The third kappa shape index (κ3) is 4.13. The van der Waals surface area contributed by atoms with E-state index in [-0.39, 0.29) is 12.2 Å². The number of halogens is 3. The Morgan fingerprint density at radius 1 is 1.03 bits per heavy atom. The highest BCUT2D eigenvalue weighted by atomic mass is 19.4. The Morgan fingerprint density at radius 3 is 2.35 bits per heavy atom. The Kier molecular flexibility index (Phi) is 5.88. The van der Waals surface area contributed by atoms with Crippen LogP contribution in [0.5, 0.6) is 0 Å². The number of aromatic nitrogens is 3. The molecule has 0 aliphatic carbocycles. The molecule has 0 amide bonds. The molecule has 0 saturated carbocycles. The summed E-state index contributed by atoms with van der Waals surface area (Å²) in [6, 6.07) is 17.2. The first-order chi connectivity index (χ1) is 16.1. The molecule has 0 N–H and O–H groups in total. The fourth-order valence-corrected chi connectivity index (χ4v) is 4.04. The van der Waals surface area contributed by atoms with Crippen molar-refractivity contribution in [1.29, 1.82) is 5.26 Å². The highest BCUT2D eigenvalue weighted by molar-refractivity contribution is 5.65. The molecule has 2 heterocycles. The minimum atomic E-state index is -4.86. The summed E-state index contributed by atoms with van der Waals surface area (Å²) in [6.07, 6.45) is -3.41. The molecule has 0 aliphatic heterocycles. The molecule has 2 aromatic carbocycles. The van der Waals surface area contributed by atoms with Gasteiger partial charge in [-0.2, -0.15) is 23.5 Å². The van der Waals surface area contributed by atoms with E-state index in [4.69, 9.17) is 0 Å². The van der Waals surface area contributed by atoms with Gasteiger partial charge in [-0.15, -0.1) is 0 Å². The summed E-state index contributed by atoms with van der Waals surface area (Å²) in [6.45, 7) is 5.55. The van der Waals surface area contributed by atoms with Crippen molar-refractivity contribution in [1.82, 2.24) is 14.3 Å². The van der Waals surface area contributed by atoms with E-state index in [9.17, 15) is 23.2 Å². The van der Waals surface area contributed by atoms with Crippen LogP contribution in [0.4, 0.5) is 13.2 Å². The molecule has 0 bridgehead atoms. The molecule has 0 aliphatic rings. The fraction of sp³-hybridized carbons (Fsp3) is 0.192. The van der Waals surface area contributed by atoms with Gasteiger partial charge in [-0.25, -0.2) is 4.68 Å².